The van der Waals surface area contributed by atoms with Crippen LogP contribution < -0.4 is 10.2 Å². The number of thioether (sulfide) groups is 1. The molecule has 0 unspecified atom stereocenters. The lowest BCUT2D eigenvalue weighted by Crippen LogP contribution is -2.51. The molecule has 0 atom stereocenters. The molecule has 1 N–H and O–H groups in total. The van der Waals surface area contributed by atoms with Crippen molar-refractivity contribution in [2.24, 2.45) is 5.10 Å². The standard InChI is InChI=1S/C26H24F3N3O2S/c27-26(28,29)34-22-13-11-19(12-14-22)15-30-31-24(33)18-35-23-16-32(17-23)25(20-7-3-1-4-8-20)21-9-5-2-6-10-21/h1-15,23,25H,16-18H2,(H,31,33). The van der Waals surface area contributed by atoms with Crippen LogP contribution in [-0.2, 0) is 4.79 Å². The zero-order chi connectivity index (χ0) is 24.7. The molecule has 182 valence electrons. The fourth-order valence-corrected chi connectivity index (χ4v) is 4.88. The lowest BCUT2D eigenvalue weighted by molar-refractivity contribution is -0.274. The smallest absolute Gasteiger partial charge is 0.406 e. The maximum Gasteiger partial charge on any atom is 0.573 e. The number of benzene rings is 3. The minimum absolute atomic E-state index is 0.181. The number of nitrogens with zero attached hydrogens (tertiary/aromatic N) is 2. The van der Waals surface area contributed by atoms with E-state index >= 15 is 0 Å². The van der Waals surface area contributed by atoms with Crippen molar-refractivity contribution < 1.29 is 22.7 Å². The molecule has 9 heteroatoms. The lowest BCUT2D eigenvalue weighted by Gasteiger charge is -2.44. The Bertz CT molecular complexity index is 1080. The summed E-state index contributed by atoms with van der Waals surface area (Å²) in [4.78, 5) is 14.5. The van der Waals surface area contributed by atoms with E-state index in [1.165, 1.54) is 41.6 Å². The van der Waals surface area contributed by atoms with Crippen molar-refractivity contribution in [1.29, 1.82) is 0 Å². The van der Waals surface area contributed by atoms with Crippen LogP contribution in [0.25, 0.3) is 0 Å². The third-order valence-corrected chi connectivity index (χ3v) is 6.64. The maximum absolute atomic E-state index is 12.2. The molecule has 3 aromatic carbocycles. The van der Waals surface area contributed by atoms with Gasteiger partial charge in [-0.05, 0) is 41.0 Å². The first-order chi connectivity index (χ1) is 16.9. The zero-order valence-corrected chi connectivity index (χ0v) is 19.5. The number of hydrazone groups is 1. The summed E-state index contributed by atoms with van der Waals surface area (Å²) in [6.07, 6.45) is -3.36. The first-order valence-electron chi connectivity index (χ1n) is 11.0. The normalized spacial score (nSPS) is 14.7. The van der Waals surface area contributed by atoms with Gasteiger partial charge in [-0.1, -0.05) is 60.7 Å². The van der Waals surface area contributed by atoms with Gasteiger partial charge in [-0.15, -0.1) is 24.9 Å². The Balaban J connectivity index is 1.22. The Morgan fingerprint density at radius 2 is 1.57 bits per heavy atom. The van der Waals surface area contributed by atoms with Crippen LogP contribution >= 0.6 is 11.8 Å². The van der Waals surface area contributed by atoms with Crippen LogP contribution in [0.3, 0.4) is 0 Å². The lowest BCUT2D eigenvalue weighted by atomic mass is 9.94. The highest BCUT2D eigenvalue weighted by Crippen LogP contribution is 2.35. The van der Waals surface area contributed by atoms with Crippen molar-refractivity contribution in [1.82, 2.24) is 10.3 Å². The number of carbonyl (C=O) groups is 1. The molecule has 1 fully saturated rings. The number of rotatable bonds is 9. The van der Waals surface area contributed by atoms with Crippen molar-refractivity contribution in [2.45, 2.75) is 17.7 Å². The minimum Gasteiger partial charge on any atom is -0.406 e. The van der Waals surface area contributed by atoms with Gasteiger partial charge in [-0.2, -0.15) is 5.10 Å². The number of alkyl halides is 3. The Morgan fingerprint density at radius 1 is 1.00 bits per heavy atom. The van der Waals surface area contributed by atoms with Gasteiger partial charge in [0.15, 0.2) is 0 Å². The number of ether oxygens (including phenoxy) is 1. The highest BCUT2D eigenvalue weighted by molar-refractivity contribution is 8.00. The first-order valence-corrected chi connectivity index (χ1v) is 12.1. The Morgan fingerprint density at radius 3 is 2.11 bits per heavy atom. The molecule has 0 saturated carbocycles. The number of hydrogen-bond donors (Lipinski definition) is 1. The second-order valence-corrected chi connectivity index (χ2v) is 9.31. The van der Waals surface area contributed by atoms with E-state index in [1.807, 2.05) is 36.4 Å². The van der Waals surface area contributed by atoms with Crippen molar-refractivity contribution in [3.8, 4) is 5.75 Å². The fourth-order valence-electron chi connectivity index (χ4n) is 3.83. The highest BCUT2D eigenvalue weighted by Gasteiger charge is 2.34. The SMILES string of the molecule is O=C(CSC1CN(C(c2ccccc2)c2ccccc2)C1)NN=Cc1ccc(OC(F)(F)F)cc1. The predicted octanol–water partition coefficient (Wildman–Crippen LogP) is 5.24. The molecule has 1 amide bonds. The summed E-state index contributed by atoms with van der Waals surface area (Å²) < 4.78 is 40.4. The summed E-state index contributed by atoms with van der Waals surface area (Å²) in [5, 5.41) is 4.23. The number of nitrogens with one attached hydrogen (secondary N) is 1. The maximum atomic E-state index is 12.2. The van der Waals surface area contributed by atoms with E-state index in [1.54, 1.807) is 11.8 Å². The second kappa shape index (κ2) is 11.4. The van der Waals surface area contributed by atoms with E-state index < -0.39 is 6.36 Å². The summed E-state index contributed by atoms with van der Waals surface area (Å²) in [6, 6.07) is 26.2. The Hall–Kier alpha value is -3.30. The Kier molecular flexibility index (Phi) is 8.09. The van der Waals surface area contributed by atoms with E-state index in [2.05, 4.69) is 44.4 Å². The van der Waals surface area contributed by atoms with Crippen LogP contribution in [0.5, 0.6) is 5.75 Å². The van der Waals surface area contributed by atoms with Crippen LogP contribution in [-0.4, -0.2) is 47.5 Å². The van der Waals surface area contributed by atoms with E-state index in [0.717, 1.165) is 13.1 Å². The molecule has 3 aromatic rings. The molecule has 1 aliphatic rings. The first kappa shape index (κ1) is 24.8. The number of hydrogen-bond acceptors (Lipinski definition) is 5. The molecule has 1 saturated heterocycles. The highest BCUT2D eigenvalue weighted by atomic mass is 32.2. The molecule has 4 rings (SSSR count). The van der Waals surface area contributed by atoms with Gasteiger partial charge < -0.3 is 4.74 Å². The van der Waals surface area contributed by atoms with Crippen molar-refractivity contribution in [3.63, 3.8) is 0 Å². The molecule has 1 aliphatic heterocycles. The summed E-state index contributed by atoms with van der Waals surface area (Å²) >= 11 is 1.59. The topological polar surface area (TPSA) is 53.9 Å². The van der Waals surface area contributed by atoms with Crippen LogP contribution in [0, 0.1) is 0 Å². The summed E-state index contributed by atoms with van der Waals surface area (Å²) in [5.41, 5.74) is 5.48. The predicted molar refractivity (Wildman–Crippen MR) is 131 cm³/mol. The quantitative estimate of drug-likeness (QED) is 0.323. The van der Waals surface area contributed by atoms with Crippen LogP contribution in [0.2, 0.25) is 0 Å². The van der Waals surface area contributed by atoms with E-state index in [9.17, 15) is 18.0 Å². The third kappa shape index (κ3) is 7.34. The van der Waals surface area contributed by atoms with Crippen LogP contribution in [0.15, 0.2) is 90.0 Å². The Labute approximate surface area is 206 Å². The largest absolute Gasteiger partial charge is 0.573 e. The molecule has 0 radical (unpaired) electrons. The molecule has 0 spiro atoms. The van der Waals surface area contributed by atoms with E-state index in [0.29, 0.717) is 10.8 Å². The number of carbonyl (C=O) groups excluding carboxylic acids is 1. The average Bonchev–Trinajstić information content (AvgIpc) is 2.82. The van der Waals surface area contributed by atoms with Gasteiger partial charge in [0, 0.05) is 18.3 Å². The van der Waals surface area contributed by atoms with Crippen LogP contribution in [0.4, 0.5) is 13.2 Å². The monoisotopic (exact) mass is 499 g/mol. The summed E-state index contributed by atoms with van der Waals surface area (Å²) in [6.45, 7) is 1.75. The zero-order valence-electron chi connectivity index (χ0n) is 18.7. The van der Waals surface area contributed by atoms with Crippen molar-refractivity contribution in [3.05, 3.63) is 102 Å². The van der Waals surface area contributed by atoms with Gasteiger partial charge >= 0.3 is 6.36 Å². The van der Waals surface area contributed by atoms with Gasteiger partial charge in [0.2, 0.25) is 5.91 Å². The van der Waals surface area contributed by atoms with Crippen molar-refractivity contribution in [2.75, 3.05) is 18.8 Å². The number of halogens is 3. The summed E-state index contributed by atoms with van der Waals surface area (Å²) in [5.74, 6) is -0.272. The average molecular weight is 500 g/mol. The molecule has 5 nitrogen and oxygen atoms in total. The number of amides is 1. The molecule has 0 bridgehead atoms. The van der Waals surface area contributed by atoms with Gasteiger partial charge in [0.05, 0.1) is 18.0 Å². The fraction of sp³-hybridized carbons (Fsp3) is 0.231. The van der Waals surface area contributed by atoms with Crippen LogP contribution in [0.1, 0.15) is 22.7 Å². The molecule has 35 heavy (non-hydrogen) atoms. The van der Waals surface area contributed by atoms with Gasteiger partial charge in [-0.25, -0.2) is 5.43 Å². The molecule has 0 aromatic heterocycles. The molecular weight excluding hydrogens is 475 g/mol. The van der Waals surface area contributed by atoms with Gasteiger partial charge in [0.25, 0.3) is 0 Å². The minimum atomic E-state index is -4.73. The van der Waals surface area contributed by atoms with E-state index in [-0.39, 0.29) is 23.5 Å². The third-order valence-electron chi connectivity index (χ3n) is 5.44. The van der Waals surface area contributed by atoms with E-state index in [4.69, 9.17) is 0 Å². The summed E-state index contributed by atoms with van der Waals surface area (Å²) in [7, 11) is 0. The van der Waals surface area contributed by atoms with Gasteiger partial charge in [0.1, 0.15) is 5.75 Å². The molecular formula is C26H24F3N3O2S. The number of likely N-dealkylation sites (tertiary alicyclic amines) is 1. The second-order valence-electron chi connectivity index (χ2n) is 8.02. The van der Waals surface area contributed by atoms with Gasteiger partial charge in [-0.3, -0.25) is 9.69 Å². The molecule has 0 aliphatic carbocycles. The van der Waals surface area contributed by atoms with Crippen molar-refractivity contribution >= 4 is 23.9 Å². The molecule has 1 heterocycles.